The molecule has 0 saturated carbocycles. The van der Waals surface area contributed by atoms with Gasteiger partial charge in [0.05, 0.1) is 4.92 Å². The predicted octanol–water partition coefficient (Wildman–Crippen LogP) is -1.13. The van der Waals surface area contributed by atoms with Crippen molar-refractivity contribution in [2.24, 2.45) is 11.5 Å². The Bertz CT molecular complexity index is 196. The Morgan fingerprint density at radius 3 is 2.11 bits per heavy atom. The predicted molar refractivity (Wildman–Crippen MR) is 28.0 cm³/mol. The summed E-state index contributed by atoms with van der Waals surface area (Å²) in [5.41, 5.74) is 8.67. The van der Waals surface area contributed by atoms with Crippen molar-refractivity contribution < 1.29 is 4.92 Å². The van der Waals surface area contributed by atoms with Crippen LogP contribution in [0.15, 0.2) is 11.5 Å². The Hall–Kier alpha value is -1.77. The van der Waals surface area contributed by atoms with Crippen LogP contribution in [0.2, 0.25) is 0 Å². The summed E-state index contributed by atoms with van der Waals surface area (Å²) in [4.78, 5) is 8.80. The van der Waals surface area contributed by atoms with Gasteiger partial charge in [-0.05, 0) is 0 Å². The number of nitrogens with two attached hydrogens (primary N) is 2. The molecule has 48 valence electrons. The van der Waals surface area contributed by atoms with E-state index in [9.17, 15) is 10.1 Å². The zero-order valence-electron chi connectivity index (χ0n) is 4.37. The molecule has 9 heavy (non-hydrogen) atoms. The first-order valence-electron chi connectivity index (χ1n) is 1.89. The van der Waals surface area contributed by atoms with Crippen LogP contribution in [0.4, 0.5) is 0 Å². The van der Waals surface area contributed by atoms with E-state index in [-0.39, 0.29) is 0 Å². The molecule has 0 aromatic carbocycles. The Balaban J connectivity index is 4.62. The summed E-state index contributed by atoms with van der Waals surface area (Å²) in [6, 6.07) is 1.23. The van der Waals surface area contributed by atoms with E-state index >= 15 is 0 Å². The fraction of sp³-hybridized carbons (Fsp3) is 0. The first-order chi connectivity index (χ1) is 4.09. The van der Waals surface area contributed by atoms with Gasteiger partial charge in [0, 0.05) is 0 Å². The third kappa shape index (κ3) is 1.65. The van der Waals surface area contributed by atoms with Crippen molar-refractivity contribution in [1.82, 2.24) is 0 Å². The van der Waals surface area contributed by atoms with Crippen LogP contribution < -0.4 is 11.5 Å². The molecule has 0 atom stereocenters. The normalized spacial score (nSPS) is 7.44. The molecule has 0 radical (unpaired) electrons. The van der Waals surface area contributed by atoms with E-state index < -0.39 is 16.4 Å². The Labute approximate surface area is 50.5 Å². The summed E-state index contributed by atoms with van der Waals surface area (Å²) in [6.45, 7) is 0. The van der Waals surface area contributed by atoms with Crippen LogP contribution in [-0.2, 0) is 0 Å². The average molecular weight is 128 g/mol. The van der Waals surface area contributed by atoms with E-state index in [0.29, 0.717) is 0 Å². The SMILES string of the molecule is N#CC(=C(N)N)[N+](=O)[O-]. The van der Waals surface area contributed by atoms with Crippen LogP contribution >= 0.6 is 0 Å². The third-order valence-electron chi connectivity index (χ3n) is 0.562. The van der Waals surface area contributed by atoms with Gasteiger partial charge in [0.2, 0.25) is 0 Å². The van der Waals surface area contributed by atoms with Gasteiger partial charge >= 0.3 is 5.70 Å². The van der Waals surface area contributed by atoms with Crippen LogP contribution in [0.3, 0.4) is 0 Å². The highest BCUT2D eigenvalue weighted by atomic mass is 16.6. The lowest BCUT2D eigenvalue weighted by Crippen LogP contribution is -2.15. The maximum absolute atomic E-state index is 9.74. The molecule has 0 aliphatic heterocycles. The van der Waals surface area contributed by atoms with Gasteiger partial charge in [-0.25, -0.2) is 0 Å². The standard InChI is InChI=1S/C3H4N4O2/c4-1-2(3(5)6)7(8)9/h5-6H2. The van der Waals surface area contributed by atoms with Gasteiger partial charge in [-0.15, -0.1) is 0 Å². The number of allylic oxidation sites excluding steroid dienone is 1. The number of nitro groups is 1. The third-order valence-corrected chi connectivity index (χ3v) is 0.562. The molecule has 6 heteroatoms. The first-order valence-corrected chi connectivity index (χ1v) is 1.89. The topological polar surface area (TPSA) is 119 Å². The van der Waals surface area contributed by atoms with Gasteiger partial charge in [0.25, 0.3) is 0 Å². The lowest BCUT2D eigenvalue weighted by molar-refractivity contribution is -0.418. The molecule has 0 aromatic heterocycles. The molecule has 0 aliphatic rings. The van der Waals surface area contributed by atoms with Crippen LogP contribution in [0.5, 0.6) is 0 Å². The molecule has 0 saturated heterocycles. The number of nitriles is 1. The van der Waals surface area contributed by atoms with E-state index in [0.717, 1.165) is 0 Å². The number of nitrogens with zero attached hydrogens (tertiary/aromatic N) is 2. The van der Waals surface area contributed by atoms with E-state index in [1.54, 1.807) is 0 Å². The monoisotopic (exact) mass is 128 g/mol. The summed E-state index contributed by atoms with van der Waals surface area (Å²) >= 11 is 0. The lowest BCUT2D eigenvalue weighted by atomic mass is 10.5. The fourth-order valence-electron chi connectivity index (χ4n) is 0.211. The van der Waals surface area contributed by atoms with Crippen molar-refractivity contribution in [1.29, 1.82) is 5.26 Å². The summed E-state index contributed by atoms with van der Waals surface area (Å²) in [6.07, 6.45) is 0. The second kappa shape index (κ2) is 2.52. The molecule has 6 nitrogen and oxygen atoms in total. The van der Waals surface area contributed by atoms with Gasteiger partial charge in [-0.3, -0.25) is 10.1 Å². The van der Waals surface area contributed by atoms with Gasteiger partial charge in [0.1, 0.15) is 0 Å². The van der Waals surface area contributed by atoms with Crippen molar-refractivity contribution in [3.63, 3.8) is 0 Å². The van der Waals surface area contributed by atoms with E-state index in [4.69, 9.17) is 16.7 Å². The Kier molecular flexibility index (Phi) is 2.02. The molecular weight excluding hydrogens is 124 g/mol. The zero-order chi connectivity index (χ0) is 7.44. The molecule has 0 fully saturated rings. The maximum Gasteiger partial charge on any atom is 0.384 e. The minimum atomic E-state index is -0.935. The maximum atomic E-state index is 9.74. The molecule has 0 spiro atoms. The summed E-state index contributed by atoms with van der Waals surface area (Å²) in [7, 11) is 0. The van der Waals surface area contributed by atoms with Crippen molar-refractivity contribution in [2.45, 2.75) is 0 Å². The number of hydrogen-bond acceptors (Lipinski definition) is 5. The number of rotatable bonds is 1. The Morgan fingerprint density at radius 2 is 2.11 bits per heavy atom. The van der Waals surface area contributed by atoms with Crippen LogP contribution in [0, 0.1) is 21.4 Å². The first kappa shape index (κ1) is 7.23. The summed E-state index contributed by atoms with van der Waals surface area (Å²) in [5.74, 6) is -0.567. The van der Waals surface area contributed by atoms with Crippen molar-refractivity contribution >= 4 is 0 Å². The Morgan fingerprint density at radius 1 is 1.67 bits per heavy atom. The van der Waals surface area contributed by atoms with Crippen LogP contribution in [0.1, 0.15) is 0 Å². The fourth-order valence-corrected chi connectivity index (χ4v) is 0.211. The summed E-state index contributed by atoms with van der Waals surface area (Å²) in [5, 5.41) is 17.7. The highest BCUT2D eigenvalue weighted by Gasteiger charge is 2.11. The molecule has 0 unspecified atom stereocenters. The average Bonchev–Trinajstić information content (AvgIpc) is 1.64. The van der Waals surface area contributed by atoms with Gasteiger partial charge in [0.15, 0.2) is 11.9 Å². The van der Waals surface area contributed by atoms with Crippen LogP contribution in [-0.4, -0.2) is 4.92 Å². The molecule has 0 bridgehead atoms. The van der Waals surface area contributed by atoms with Gasteiger partial charge in [-0.1, -0.05) is 0 Å². The molecule has 4 N–H and O–H groups in total. The molecule has 0 aromatic rings. The van der Waals surface area contributed by atoms with E-state index in [1.165, 1.54) is 6.07 Å². The van der Waals surface area contributed by atoms with Crippen LogP contribution in [0.25, 0.3) is 0 Å². The largest absolute Gasteiger partial charge is 0.384 e. The second-order valence-corrected chi connectivity index (χ2v) is 1.17. The minimum Gasteiger partial charge on any atom is -0.379 e. The smallest absolute Gasteiger partial charge is 0.379 e. The van der Waals surface area contributed by atoms with Crippen molar-refractivity contribution in [3.05, 3.63) is 21.6 Å². The molecular formula is C3H4N4O2. The molecule has 0 rings (SSSR count). The van der Waals surface area contributed by atoms with E-state index in [1.807, 2.05) is 0 Å². The molecule has 0 aliphatic carbocycles. The van der Waals surface area contributed by atoms with Gasteiger partial charge < -0.3 is 11.5 Å². The number of hydrogen-bond donors (Lipinski definition) is 2. The summed E-state index contributed by atoms with van der Waals surface area (Å²) < 4.78 is 0. The zero-order valence-corrected chi connectivity index (χ0v) is 4.37. The second-order valence-electron chi connectivity index (χ2n) is 1.17. The quantitative estimate of drug-likeness (QED) is 0.263. The molecule has 0 heterocycles. The van der Waals surface area contributed by atoms with Crippen molar-refractivity contribution in [2.75, 3.05) is 0 Å². The minimum absolute atomic E-state index is 0.567. The highest BCUT2D eigenvalue weighted by Crippen LogP contribution is 1.91. The highest BCUT2D eigenvalue weighted by molar-refractivity contribution is 5.15. The lowest BCUT2D eigenvalue weighted by Gasteiger charge is -1.86. The molecule has 0 amide bonds. The van der Waals surface area contributed by atoms with Crippen molar-refractivity contribution in [3.8, 4) is 6.07 Å². The van der Waals surface area contributed by atoms with E-state index in [2.05, 4.69) is 0 Å². The van der Waals surface area contributed by atoms with Gasteiger partial charge in [-0.2, -0.15) is 5.26 Å².